The van der Waals surface area contributed by atoms with Crippen molar-refractivity contribution in [3.63, 3.8) is 0 Å². The van der Waals surface area contributed by atoms with Gasteiger partial charge in [0, 0.05) is 12.1 Å². The lowest BCUT2D eigenvalue weighted by atomic mass is 9.85. The van der Waals surface area contributed by atoms with Crippen LogP contribution in [0.4, 0.5) is 0 Å². The van der Waals surface area contributed by atoms with Crippen molar-refractivity contribution in [3.8, 4) is 11.3 Å². The molecule has 0 aliphatic rings. The van der Waals surface area contributed by atoms with Gasteiger partial charge in [-0.2, -0.15) is 0 Å². The van der Waals surface area contributed by atoms with Crippen LogP contribution in [0.5, 0.6) is 0 Å². The van der Waals surface area contributed by atoms with Gasteiger partial charge in [0.25, 0.3) is 0 Å². The van der Waals surface area contributed by atoms with Crippen LogP contribution in [0, 0.1) is 6.92 Å². The summed E-state index contributed by atoms with van der Waals surface area (Å²) in [6.07, 6.45) is 1.77. The molecule has 3 heteroatoms. The molecule has 0 amide bonds. The highest BCUT2D eigenvalue weighted by atomic mass is 14.9. The molecular formula is C16H23N3. The highest BCUT2D eigenvalue weighted by Gasteiger charge is 2.17. The van der Waals surface area contributed by atoms with E-state index in [0.29, 0.717) is 0 Å². The van der Waals surface area contributed by atoms with Gasteiger partial charge in [-0.15, -0.1) is 0 Å². The molecule has 0 saturated heterocycles. The first-order chi connectivity index (χ1) is 8.93. The molecule has 102 valence electrons. The van der Waals surface area contributed by atoms with Crippen LogP contribution < -0.4 is 5.32 Å². The number of H-pyrrole nitrogens is 1. The van der Waals surface area contributed by atoms with Crippen molar-refractivity contribution in [1.29, 1.82) is 0 Å². The Balaban J connectivity index is 2.52. The third-order valence-corrected chi connectivity index (χ3v) is 3.43. The van der Waals surface area contributed by atoms with Crippen molar-refractivity contribution < 1.29 is 0 Å². The topological polar surface area (TPSA) is 40.7 Å². The summed E-state index contributed by atoms with van der Waals surface area (Å²) in [5.41, 5.74) is 6.17. The molecule has 2 aromatic rings. The Labute approximate surface area is 115 Å². The van der Waals surface area contributed by atoms with E-state index in [4.69, 9.17) is 0 Å². The number of aryl methyl sites for hydroxylation is 1. The van der Waals surface area contributed by atoms with Gasteiger partial charge in [0.1, 0.15) is 0 Å². The van der Waals surface area contributed by atoms with E-state index in [1.165, 1.54) is 16.7 Å². The summed E-state index contributed by atoms with van der Waals surface area (Å²) in [4.78, 5) is 7.71. The summed E-state index contributed by atoms with van der Waals surface area (Å²) in [5.74, 6) is 0. The largest absolute Gasteiger partial charge is 0.347 e. The van der Waals surface area contributed by atoms with Crippen LogP contribution in [0.3, 0.4) is 0 Å². The van der Waals surface area contributed by atoms with Gasteiger partial charge in [-0.1, -0.05) is 32.9 Å². The van der Waals surface area contributed by atoms with Gasteiger partial charge < -0.3 is 10.3 Å². The Morgan fingerprint density at radius 2 is 2.00 bits per heavy atom. The maximum atomic E-state index is 4.49. The van der Waals surface area contributed by atoms with Crippen molar-refractivity contribution in [2.75, 3.05) is 7.05 Å². The second-order valence-corrected chi connectivity index (χ2v) is 6.04. The number of benzene rings is 1. The molecule has 0 atom stereocenters. The maximum Gasteiger partial charge on any atom is 0.0929 e. The van der Waals surface area contributed by atoms with Gasteiger partial charge in [-0.05, 0) is 36.6 Å². The molecule has 0 aliphatic heterocycles. The lowest BCUT2D eigenvalue weighted by molar-refractivity contribution is 0.590. The summed E-state index contributed by atoms with van der Waals surface area (Å²) >= 11 is 0. The van der Waals surface area contributed by atoms with Crippen molar-refractivity contribution in [1.82, 2.24) is 15.3 Å². The van der Waals surface area contributed by atoms with E-state index in [9.17, 15) is 0 Å². The molecule has 0 radical (unpaired) electrons. The Kier molecular flexibility index (Phi) is 3.76. The quantitative estimate of drug-likeness (QED) is 0.884. The van der Waals surface area contributed by atoms with E-state index in [1.54, 1.807) is 6.33 Å². The van der Waals surface area contributed by atoms with Crippen LogP contribution in [0.15, 0.2) is 24.5 Å². The summed E-state index contributed by atoms with van der Waals surface area (Å²) in [6.45, 7) is 9.65. The molecule has 1 heterocycles. The first kappa shape index (κ1) is 13.8. The first-order valence-corrected chi connectivity index (χ1v) is 6.72. The summed E-state index contributed by atoms with van der Waals surface area (Å²) in [6, 6.07) is 6.67. The third-order valence-electron chi connectivity index (χ3n) is 3.43. The number of nitrogens with zero attached hydrogens (tertiary/aromatic N) is 1. The Morgan fingerprint density at radius 1 is 1.26 bits per heavy atom. The van der Waals surface area contributed by atoms with E-state index in [2.05, 4.69) is 61.2 Å². The molecule has 1 aromatic carbocycles. The molecule has 2 rings (SSSR count). The fraction of sp³-hybridized carbons (Fsp3) is 0.438. The standard InChI is InChI=1S/C16H23N3/c1-11-6-7-12(16(2,3)4)8-13(11)15-14(9-17-5)18-10-19-15/h6-8,10,17H,9H2,1-5H3,(H,18,19). The molecular weight excluding hydrogens is 234 g/mol. The lowest BCUT2D eigenvalue weighted by Crippen LogP contribution is -2.11. The zero-order valence-corrected chi connectivity index (χ0v) is 12.5. The Morgan fingerprint density at radius 3 is 2.63 bits per heavy atom. The van der Waals surface area contributed by atoms with Crippen LogP contribution in [-0.2, 0) is 12.0 Å². The lowest BCUT2D eigenvalue weighted by Gasteiger charge is -2.20. The zero-order chi connectivity index (χ0) is 14.0. The van der Waals surface area contributed by atoms with Crippen molar-refractivity contribution in [3.05, 3.63) is 41.3 Å². The highest BCUT2D eigenvalue weighted by molar-refractivity contribution is 5.67. The van der Waals surface area contributed by atoms with Crippen LogP contribution in [0.25, 0.3) is 11.3 Å². The van der Waals surface area contributed by atoms with Crippen LogP contribution >= 0.6 is 0 Å². The second kappa shape index (κ2) is 5.17. The van der Waals surface area contributed by atoms with E-state index in [-0.39, 0.29) is 5.41 Å². The molecule has 19 heavy (non-hydrogen) atoms. The van der Waals surface area contributed by atoms with E-state index in [1.807, 2.05) is 7.05 Å². The minimum Gasteiger partial charge on any atom is -0.347 e. The predicted octanol–water partition coefficient (Wildman–Crippen LogP) is 3.40. The normalized spacial score (nSPS) is 11.8. The molecule has 0 unspecified atom stereocenters. The Hall–Kier alpha value is -1.61. The molecule has 1 aromatic heterocycles. The zero-order valence-electron chi connectivity index (χ0n) is 12.5. The summed E-state index contributed by atoms with van der Waals surface area (Å²) in [5, 5.41) is 3.17. The molecule has 0 spiro atoms. The molecule has 0 bridgehead atoms. The monoisotopic (exact) mass is 257 g/mol. The minimum atomic E-state index is 0.155. The summed E-state index contributed by atoms with van der Waals surface area (Å²) in [7, 11) is 1.95. The van der Waals surface area contributed by atoms with Gasteiger partial charge in [0.2, 0.25) is 0 Å². The van der Waals surface area contributed by atoms with Crippen LogP contribution in [0.1, 0.15) is 37.6 Å². The van der Waals surface area contributed by atoms with Crippen molar-refractivity contribution in [2.45, 2.75) is 39.7 Å². The van der Waals surface area contributed by atoms with Crippen molar-refractivity contribution >= 4 is 0 Å². The second-order valence-electron chi connectivity index (χ2n) is 6.04. The van der Waals surface area contributed by atoms with Crippen LogP contribution in [0.2, 0.25) is 0 Å². The molecule has 0 saturated carbocycles. The number of hydrogen-bond acceptors (Lipinski definition) is 2. The smallest absolute Gasteiger partial charge is 0.0929 e. The molecule has 3 nitrogen and oxygen atoms in total. The molecule has 0 aliphatic carbocycles. The maximum absolute atomic E-state index is 4.49. The average Bonchev–Trinajstić information content (AvgIpc) is 2.77. The number of imidazole rings is 1. The van der Waals surface area contributed by atoms with Crippen molar-refractivity contribution in [2.24, 2.45) is 0 Å². The average molecular weight is 257 g/mol. The predicted molar refractivity (Wildman–Crippen MR) is 80.2 cm³/mol. The van der Waals surface area contributed by atoms with E-state index in [0.717, 1.165) is 17.9 Å². The fourth-order valence-electron chi connectivity index (χ4n) is 2.21. The SMILES string of the molecule is CNCc1[nH]cnc1-c1cc(C(C)(C)C)ccc1C. The van der Waals surface area contributed by atoms with Gasteiger partial charge >= 0.3 is 0 Å². The van der Waals surface area contributed by atoms with Gasteiger partial charge in [0.05, 0.1) is 17.7 Å². The molecule has 0 fully saturated rings. The number of rotatable bonds is 3. The number of aromatic nitrogens is 2. The fourth-order valence-corrected chi connectivity index (χ4v) is 2.21. The van der Waals surface area contributed by atoms with Gasteiger partial charge in [-0.25, -0.2) is 4.98 Å². The number of hydrogen-bond donors (Lipinski definition) is 2. The van der Waals surface area contributed by atoms with E-state index >= 15 is 0 Å². The van der Waals surface area contributed by atoms with E-state index < -0.39 is 0 Å². The summed E-state index contributed by atoms with van der Waals surface area (Å²) < 4.78 is 0. The Bertz CT molecular complexity index is 562. The first-order valence-electron chi connectivity index (χ1n) is 6.72. The number of nitrogens with one attached hydrogen (secondary N) is 2. The van der Waals surface area contributed by atoms with Gasteiger partial charge in [0.15, 0.2) is 0 Å². The highest BCUT2D eigenvalue weighted by Crippen LogP contribution is 2.30. The van der Waals surface area contributed by atoms with Gasteiger partial charge in [-0.3, -0.25) is 0 Å². The molecule has 2 N–H and O–H groups in total. The minimum absolute atomic E-state index is 0.155. The van der Waals surface area contributed by atoms with Crippen LogP contribution in [-0.4, -0.2) is 17.0 Å². The third kappa shape index (κ3) is 2.87. The number of aromatic amines is 1.